The van der Waals surface area contributed by atoms with E-state index in [1.165, 1.54) is 11.6 Å². The molecule has 0 amide bonds. The first-order chi connectivity index (χ1) is 7.13. The second kappa shape index (κ2) is 4.20. The van der Waals surface area contributed by atoms with Crippen molar-refractivity contribution < 1.29 is 0 Å². The summed E-state index contributed by atoms with van der Waals surface area (Å²) in [6.07, 6.45) is 0. The number of nitrogens with one attached hydrogen (secondary N) is 2. The largest absolute Gasteiger partial charge is 0.360 e. The van der Waals surface area contributed by atoms with Crippen molar-refractivity contribution in [1.82, 2.24) is 9.13 Å². The topological polar surface area (TPSA) is 68.1 Å². The van der Waals surface area contributed by atoms with Gasteiger partial charge in [0.25, 0.3) is 5.56 Å². The number of nitrogens with zero attached hydrogens (tertiary/aromatic N) is 2. The van der Waals surface area contributed by atoms with Gasteiger partial charge in [-0.1, -0.05) is 13.8 Å². The predicted octanol–water partition coefficient (Wildman–Crippen LogP) is -0.0949. The lowest BCUT2D eigenvalue weighted by atomic mass is 10.4. The molecule has 0 radical (unpaired) electrons. The van der Waals surface area contributed by atoms with Crippen LogP contribution in [0, 0.1) is 0 Å². The maximum Gasteiger partial charge on any atom is 0.332 e. The summed E-state index contributed by atoms with van der Waals surface area (Å²) >= 11 is 0. The molecule has 0 atom stereocenters. The summed E-state index contributed by atoms with van der Waals surface area (Å²) in [5, 5.41) is 5.79. The van der Waals surface area contributed by atoms with Gasteiger partial charge >= 0.3 is 5.69 Å². The van der Waals surface area contributed by atoms with Gasteiger partial charge in [-0.15, -0.1) is 0 Å². The summed E-state index contributed by atoms with van der Waals surface area (Å²) in [5.41, 5.74) is -0.146. The number of fused-ring (bicyclic) bond motifs is 1. The Bertz CT molecular complexity index is 472. The van der Waals surface area contributed by atoms with Crippen molar-refractivity contribution >= 4 is 11.5 Å². The third-order valence-corrected chi connectivity index (χ3v) is 2.19. The van der Waals surface area contributed by atoms with E-state index in [9.17, 15) is 9.59 Å². The minimum Gasteiger partial charge on any atom is -0.360 e. The van der Waals surface area contributed by atoms with Gasteiger partial charge in [-0.3, -0.25) is 13.9 Å². The van der Waals surface area contributed by atoms with Crippen LogP contribution in [-0.2, 0) is 14.1 Å². The molecule has 0 unspecified atom stereocenters. The molecule has 0 bridgehead atoms. The highest BCUT2D eigenvalue weighted by Crippen LogP contribution is 2.17. The van der Waals surface area contributed by atoms with Crippen LogP contribution in [0.25, 0.3) is 0 Å². The SMILES string of the molecule is CC.Cn1c2c(c(=O)n(C)c1=O)NCN2. The molecule has 2 rings (SSSR count). The van der Waals surface area contributed by atoms with Gasteiger partial charge in [0.1, 0.15) is 11.5 Å². The van der Waals surface area contributed by atoms with E-state index in [1.54, 1.807) is 7.05 Å². The molecule has 0 aliphatic carbocycles. The highest BCUT2D eigenvalue weighted by molar-refractivity contribution is 5.68. The Morgan fingerprint density at radius 3 is 2.27 bits per heavy atom. The third-order valence-electron chi connectivity index (χ3n) is 2.19. The first-order valence-electron chi connectivity index (χ1n) is 4.90. The minimum atomic E-state index is -0.319. The Morgan fingerprint density at radius 1 is 1.07 bits per heavy atom. The van der Waals surface area contributed by atoms with Crippen LogP contribution in [0.4, 0.5) is 11.5 Å². The van der Waals surface area contributed by atoms with Gasteiger partial charge in [0.15, 0.2) is 0 Å². The predicted molar refractivity (Wildman–Crippen MR) is 60.4 cm³/mol. The second-order valence-corrected chi connectivity index (χ2v) is 2.96. The van der Waals surface area contributed by atoms with Gasteiger partial charge in [0.2, 0.25) is 0 Å². The fourth-order valence-electron chi connectivity index (χ4n) is 1.43. The van der Waals surface area contributed by atoms with Gasteiger partial charge < -0.3 is 10.6 Å². The maximum absolute atomic E-state index is 11.5. The maximum atomic E-state index is 11.5. The zero-order valence-corrected chi connectivity index (χ0v) is 9.42. The fourth-order valence-corrected chi connectivity index (χ4v) is 1.43. The number of aromatic nitrogens is 2. The molecule has 15 heavy (non-hydrogen) atoms. The molecule has 0 aromatic carbocycles. The molecule has 0 spiro atoms. The monoisotopic (exact) mass is 212 g/mol. The van der Waals surface area contributed by atoms with Gasteiger partial charge in [0, 0.05) is 14.1 Å². The second-order valence-electron chi connectivity index (χ2n) is 2.96. The van der Waals surface area contributed by atoms with Crippen LogP contribution < -0.4 is 21.9 Å². The zero-order chi connectivity index (χ0) is 11.6. The lowest BCUT2D eigenvalue weighted by Gasteiger charge is -2.06. The van der Waals surface area contributed by atoms with Crippen molar-refractivity contribution in [3.8, 4) is 0 Å². The van der Waals surface area contributed by atoms with Crippen LogP contribution in [0.15, 0.2) is 9.59 Å². The van der Waals surface area contributed by atoms with E-state index in [0.29, 0.717) is 18.2 Å². The molecule has 2 heterocycles. The van der Waals surface area contributed by atoms with Gasteiger partial charge in [-0.25, -0.2) is 4.79 Å². The molecule has 6 heteroatoms. The zero-order valence-electron chi connectivity index (χ0n) is 9.42. The lowest BCUT2D eigenvalue weighted by molar-refractivity contribution is 0.699. The van der Waals surface area contributed by atoms with Crippen molar-refractivity contribution in [2.45, 2.75) is 13.8 Å². The smallest absolute Gasteiger partial charge is 0.332 e. The van der Waals surface area contributed by atoms with Crippen molar-refractivity contribution in [1.29, 1.82) is 0 Å². The molecule has 0 fully saturated rings. The van der Waals surface area contributed by atoms with Crippen molar-refractivity contribution in [3.63, 3.8) is 0 Å². The highest BCUT2D eigenvalue weighted by atomic mass is 16.2. The quantitative estimate of drug-likeness (QED) is 0.630. The summed E-state index contributed by atoms with van der Waals surface area (Å²) in [5.74, 6) is 0.563. The molecule has 0 saturated carbocycles. The molecule has 1 aromatic heterocycles. The summed E-state index contributed by atoms with van der Waals surface area (Å²) in [4.78, 5) is 22.9. The Kier molecular flexibility index (Phi) is 3.18. The molecule has 1 aliphatic heterocycles. The first-order valence-corrected chi connectivity index (χ1v) is 4.90. The van der Waals surface area contributed by atoms with E-state index in [-0.39, 0.29) is 11.2 Å². The van der Waals surface area contributed by atoms with E-state index in [2.05, 4.69) is 10.6 Å². The molecule has 84 valence electrons. The van der Waals surface area contributed by atoms with Crippen LogP contribution in [0.5, 0.6) is 0 Å². The van der Waals surface area contributed by atoms with Crippen molar-refractivity contribution in [2.24, 2.45) is 14.1 Å². The molecular weight excluding hydrogens is 196 g/mol. The molecule has 6 nitrogen and oxygen atoms in total. The molecule has 2 N–H and O–H groups in total. The minimum absolute atomic E-state index is 0.289. The number of rotatable bonds is 0. The third kappa shape index (κ3) is 1.62. The van der Waals surface area contributed by atoms with Crippen LogP contribution in [-0.4, -0.2) is 15.8 Å². The fraction of sp³-hybridized carbons (Fsp3) is 0.556. The number of hydrogen-bond donors (Lipinski definition) is 2. The number of anilines is 2. The van der Waals surface area contributed by atoms with Crippen LogP contribution in [0.2, 0.25) is 0 Å². The first kappa shape index (κ1) is 11.4. The Balaban J connectivity index is 0.000000531. The van der Waals surface area contributed by atoms with Crippen molar-refractivity contribution in [2.75, 3.05) is 17.3 Å². The highest BCUT2D eigenvalue weighted by Gasteiger charge is 2.18. The van der Waals surface area contributed by atoms with Gasteiger partial charge in [0.05, 0.1) is 6.67 Å². The molecular formula is C9H16N4O2. The van der Waals surface area contributed by atoms with E-state index in [0.717, 1.165) is 4.57 Å². The average molecular weight is 212 g/mol. The summed E-state index contributed by atoms with van der Waals surface area (Å²) in [6.45, 7) is 4.49. The average Bonchev–Trinajstić information content (AvgIpc) is 2.75. The van der Waals surface area contributed by atoms with Crippen LogP contribution >= 0.6 is 0 Å². The summed E-state index contributed by atoms with van der Waals surface area (Å²) in [6, 6.07) is 0. The summed E-state index contributed by atoms with van der Waals surface area (Å²) in [7, 11) is 3.09. The van der Waals surface area contributed by atoms with E-state index in [4.69, 9.17) is 0 Å². The Hall–Kier alpha value is -1.72. The van der Waals surface area contributed by atoms with Gasteiger partial charge in [-0.2, -0.15) is 0 Å². The van der Waals surface area contributed by atoms with E-state index >= 15 is 0 Å². The van der Waals surface area contributed by atoms with Crippen molar-refractivity contribution in [3.05, 3.63) is 20.8 Å². The normalized spacial score (nSPS) is 12.0. The Morgan fingerprint density at radius 2 is 1.67 bits per heavy atom. The molecule has 0 saturated heterocycles. The van der Waals surface area contributed by atoms with Crippen LogP contribution in [0.3, 0.4) is 0 Å². The Labute approximate surface area is 87.5 Å². The lowest BCUT2D eigenvalue weighted by Crippen LogP contribution is -2.37. The van der Waals surface area contributed by atoms with Crippen LogP contribution in [0.1, 0.15) is 13.8 Å². The van der Waals surface area contributed by atoms with E-state index in [1.807, 2.05) is 13.8 Å². The van der Waals surface area contributed by atoms with E-state index < -0.39 is 0 Å². The standard InChI is InChI=1S/C7H10N4O2.C2H6/c1-10-5-4(8-3-9-5)6(12)11(2)7(10)13;1-2/h8-9H,3H2,1-2H3;1-2H3. The number of hydrogen-bond acceptors (Lipinski definition) is 4. The summed E-state index contributed by atoms with van der Waals surface area (Å²) < 4.78 is 2.50. The molecule has 1 aliphatic rings. The molecule has 1 aromatic rings. The van der Waals surface area contributed by atoms with Gasteiger partial charge in [-0.05, 0) is 0 Å².